The first-order valence-corrected chi connectivity index (χ1v) is 10.5. The first kappa shape index (κ1) is 23.7. The Bertz CT molecular complexity index is 934. The van der Waals surface area contributed by atoms with Gasteiger partial charge in [-0.05, 0) is 64.5 Å². The number of nitrogens with one attached hydrogen (secondary N) is 3. The molecule has 0 heterocycles. The van der Waals surface area contributed by atoms with Crippen LogP contribution < -0.4 is 25.6 Å². The lowest BCUT2D eigenvalue weighted by molar-refractivity contribution is -0.124. The maximum atomic E-state index is 11.8. The van der Waals surface area contributed by atoms with Crippen LogP contribution in [0.2, 0.25) is 10.0 Å². The van der Waals surface area contributed by atoms with Gasteiger partial charge in [-0.2, -0.15) is 0 Å². The van der Waals surface area contributed by atoms with E-state index in [1.807, 2.05) is 0 Å². The van der Waals surface area contributed by atoms with Gasteiger partial charge in [-0.1, -0.05) is 39.1 Å². The van der Waals surface area contributed by atoms with Crippen LogP contribution in [-0.2, 0) is 9.59 Å². The van der Waals surface area contributed by atoms with Crippen molar-refractivity contribution in [2.45, 2.75) is 0 Å². The summed E-state index contributed by atoms with van der Waals surface area (Å²) in [6.45, 7) is -0.597. The van der Waals surface area contributed by atoms with Crippen molar-refractivity contribution in [1.29, 1.82) is 0 Å². The molecule has 0 spiro atoms. The highest BCUT2D eigenvalue weighted by Crippen LogP contribution is 2.28. The lowest BCUT2D eigenvalue weighted by atomic mass is 10.3. The molecule has 29 heavy (non-hydrogen) atoms. The topological polar surface area (TPSA) is 88.7 Å². The number of hydrazine groups is 1. The summed E-state index contributed by atoms with van der Waals surface area (Å²) in [7, 11) is 0. The summed E-state index contributed by atoms with van der Waals surface area (Å²) in [6.07, 6.45) is 0. The third-order valence-corrected chi connectivity index (χ3v) is 4.92. The van der Waals surface area contributed by atoms with Crippen molar-refractivity contribution in [3.05, 3.63) is 55.4 Å². The Morgan fingerprint density at radius 3 is 2.28 bits per heavy atom. The number of benzene rings is 2. The van der Waals surface area contributed by atoms with Crippen LogP contribution in [-0.4, -0.2) is 30.1 Å². The van der Waals surface area contributed by atoms with E-state index in [1.165, 1.54) is 6.07 Å². The van der Waals surface area contributed by atoms with Crippen LogP contribution in [0.3, 0.4) is 0 Å². The van der Waals surface area contributed by atoms with E-state index in [0.717, 1.165) is 4.47 Å². The molecule has 0 aliphatic heterocycles. The standard InChI is InChI=1S/C17H13Br2Cl2N3O4S/c18-9-1-3-13(11(19)5-9)27-8-16(26)23-24-17(29)22-15(25)7-28-14-4-2-10(20)6-12(14)21/h1-6H,7-8H2,(H,23,26)(H2,22,24,25,29). The molecule has 154 valence electrons. The van der Waals surface area contributed by atoms with Gasteiger partial charge >= 0.3 is 0 Å². The summed E-state index contributed by atoms with van der Waals surface area (Å²) in [4.78, 5) is 23.7. The number of hydrogen-bond acceptors (Lipinski definition) is 5. The number of thiocarbonyl (C=S) groups is 1. The Kier molecular flexibility index (Phi) is 9.44. The number of carbonyl (C=O) groups is 2. The normalized spacial score (nSPS) is 10.1. The van der Waals surface area contributed by atoms with Crippen LogP contribution in [0.25, 0.3) is 0 Å². The summed E-state index contributed by atoms with van der Waals surface area (Å²) in [5.74, 6) is -0.245. The lowest BCUT2D eigenvalue weighted by Crippen LogP contribution is -2.50. The van der Waals surface area contributed by atoms with Crippen molar-refractivity contribution < 1.29 is 19.1 Å². The van der Waals surface area contributed by atoms with Crippen molar-refractivity contribution in [1.82, 2.24) is 16.2 Å². The summed E-state index contributed by atoms with van der Waals surface area (Å²) in [6, 6.07) is 9.88. The molecule has 12 heteroatoms. The maximum absolute atomic E-state index is 11.8. The average molecular weight is 586 g/mol. The Hall–Kier alpha value is -1.59. The van der Waals surface area contributed by atoms with Crippen molar-refractivity contribution in [3.63, 3.8) is 0 Å². The predicted octanol–water partition coefficient (Wildman–Crippen LogP) is 4.00. The number of hydrogen-bond donors (Lipinski definition) is 3. The molecule has 2 aromatic rings. The van der Waals surface area contributed by atoms with E-state index >= 15 is 0 Å². The minimum absolute atomic E-state index is 0.112. The Morgan fingerprint density at radius 2 is 1.59 bits per heavy atom. The molecule has 0 aliphatic carbocycles. The summed E-state index contributed by atoms with van der Waals surface area (Å²) >= 11 is 23.3. The van der Waals surface area contributed by atoms with E-state index < -0.39 is 11.8 Å². The van der Waals surface area contributed by atoms with Crippen LogP contribution in [0.1, 0.15) is 0 Å². The molecule has 7 nitrogen and oxygen atoms in total. The van der Waals surface area contributed by atoms with Crippen LogP contribution >= 0.6 is 67.3 Å². The van der Waals surface area contributed by atoms with Gasteiger partial charge in [0.2, 0.25) is 0 Å². The van der Waals surface area contributed by atoms with E-state index in [9.17, 15) is 9.59 Å². The largest absolute Gasteiger partial charge is 0.483 e. The molecule has 0 aliphatic rings. The van der Waals surface area contributed by atoms with Crippen molar-refractivity contribution in [2.75, 3.05) is 13.2 Å². The second-order valence-electron chi connectivity index (χ2n) is 5.28. The second-order valence-corrected chi connectivity index (χ2v) is 8.30. The fourth-order valence-electron chi connectivity index (χ4n) is 1.83. The molecule has 3 N–H and O–H groups in total. The second kappa shape index (κ2) is 11.6. The van der Waals surface area contributed by atoms with Gasteiger partial charge in [0.05, 0.1) is 9.50 Å². The Balaban J connectivity index is 1.68. The number of ether oxygens (including phenoxy) is 2. The number of amides is 2. The van der Waals surface area contributed by atoms with Gasteiger partial charge in [0.1, 0.15) is 11.5 Å². The van der Waals surface area contributed by atoms with E-state index in [1.54, 1.807) is 30.3 Å². The third-order valence-electron chi connectivity index (χ3n) is 3.07. The smallest absolute Gasteiger partial charge is 0.276 e. The first-order valence-electron chi connectivity index (χ1n) is 7.79. The minimum Gasteiger partial charge on any atom is -0.483 e. The fraction of sp³-hybridized carbons (Fsp3) is 0.118. The fourth-order valence-corrected chi connectivity index (χ4v) is 3.62. The molecule has 0 atom stereocenters. The Labute approximate surface area is 198 Å². The summed E-state index contributed by atoms with van der Waals surface area (Å²) in [5, 5.41) is 2.95. The van der Waals surface area contributed by atoms with E-state index in [4.69, 9.17) is 44.9 Å². The molecule has 0 fully saturated rings. The molecule has 0 bridgehead atoms. The zero-order valence-electron chi connectivity index (χ0n) is 14.4. The summed E-state index contributed by atoms with van der Waals surface area (Å²) < 4.78 is 12.2. The van der Waals surface area contributed by atoms with Gasteiger partial charge in [0, 0.05) is 9.50 Å². The highest BCUT2D eigenvalue weighted by Gasteiger charge is 2.10. The molecular weight excluding hydrogens is 573 g/mol. The average Bonchev–Trinajstić information content (AvgIpc) is 2.65. The predicted molar refractivity (Wildman–Crippen MR) is 121 cm³/mol. The van der Waals surface area contributed by atoms with E-state index in [2.05, 4.69) is 48.0 Å². The van der Waals surface area contributed by atoms with Crippen molar-refractivity contribution in [2.24, 2.45) is 0 Å². The molecule has 0 saturated heterocycles. The minimum atomic E-state index is -0.544. The first-order chi connectivity index (χ1) is 13.7. The van der Waals surface area contributed by atoms with Crippen LogP contribution in [0.4, 0.5) is 0 Å². The van der Waals surface area contributed by atoms with E-state index in [-0.39, 0.29) is 23.3 Å². The van der Waals surface area contributed by atoms with Gasteiger partial charge in [-0.15, -0.1) is 0 Å². The molecule has 2 rings (SSSR count). The van der Waals surface area contributed by atoms with Crippen LogP contribution in [0, 0.1) is 0 Å². The molecule has 2 amide bonds. The molecule has 0 unspecified atom stereocenters. The number of halogens is 4. The maximum Gasteiger partial charge on any atom is 0.276 e. The van der Waals surface area contributed by atoms with Crippen LogP contribution in [0.5, 0.6) is 11.5 Å². The van der Waals surface area contributed by atoms with Crippen molar-refractivity contribution >= 4 is 84.2 Å². The summed E-state index contributed by atoms with van der Waals surface area (Å²) in [5.41, 5.74) is 4.70. The Morgan fingerprint density at radius 1 is 0.931 bits per heavy atom. The quantitative estimate of drug-likeness (QED) is 0.351. The zero-order valence-corrected chi connectivity index (χ0v) is 19.9. The monoisotopic (exact) mass is 583 g/mol. The number of carbonyl (C=O) groups excluding carboxylic acids is 2. The molecule has 0 saturated carbocycles. The van der Waals surface area contributed by atoms with Gasteiger partial charge in [-0.25, -0.2) is 0 Å². The molecule has 2 aromatic carbocycles. The van der Waals surface area contributed by atoms with Gasteiger partial charge in [-0.3, -0.25) is 25.8 Å². The lowest BCUT2D eigenvalue weighted by Gasteiger charge is -2.12. The van der Waals surface area contributed by atoms with Crippen molar-refractivity contribution in [3.8, 4) is 11.5 Å². The third kappa shape index (κ3) is 8.35. The van der Waals surface area contributed by atoms with Gasteiger partial charge in [0.25, 0.3) is 11.8 Å². The van der Waals surface area contributed by atoms with E-state index in [0.29, 0.717) is 21.0 Å². The highest BCUT2D eigenvalue weighted by molar-refractivity contribution is 9.11. The molecule has 0 aromatic heterocycles. The number of rotatable bonds is 6. The zero-order chi connectivity index (χ0) is 21.4. The van der Waals surface area contributed by atoms with Crippen LogP contribution in [0.15, 0.2) is 45.3 Å². The van der Waals surface area contributed by atoms with Gasteiger partial charge in [0.15, 0.2) is 18.3 Å². The molecular formula is C17H13Br2Cl2N3O4S. The SMILES string of the molecule is O=C(COc1ccc(Br)cc1Br)NNC(=S)NC(=O)COc1ccc(Cl)cc1Cl. The molecule has 0 radical (unpaired) electrons. The highest BCUT2D eigenvalue weighted by atomic mass is 79.9. The van der Waals surface area contributed by atoms with Gasteiger partial charge < -0.3 is 9.47 Å².